The maximum Gasteiger partial charge on any atom is 0.435 e. The van der Waals surface area contributed by atoms with E-state index in [-0.39, 0.29) is 0 Å². The molecule has 0 heterocycles. The van der Waals surface area contributed by atoms with E-state index in [0.717, 1.165) is 0 Å². The summed E-state index contributed by atoms with van der Waals surface area (Å²) in [6.45, 7) is 0. The van der Waals surface area contributed by atoms with E-state index in [1.807, 2.05) is 36.4 Å². The van der Waals surface area contributed by atoms with Gasteiger partial charge in [-0.25, -0.2) is 0 Å². The summed E-state index contributed by atoms with van der Waals surface area (Å²) in [5, 5.41) is 17.4. The van der Waals surface area contributed by atoms with E-state index in [1.165, 1.54) is 5.01 Å². The van der Waals surface area contributed by atoms with Gasteiger partial charge < -0.3 is 10.1 Å². The molecule has 0 aromatic heterocycles. The van der Waals surface area contributed by atoms with Crippen LogP contribution >= 0.6 is 0 Å². The van der Waals surface area contributed by atoms with Crippen molar-refractivity contribution in [1.82, 2.24) is 5.22 Å². The van der Waals surface area contributed by atoms with Crippen LogP contribution in [0.2, 0.25) is 0 Å². The van der Waals surface area contributed by atoms with Crippen LogP contribution in [0.25, 0.3) is 0 Å². The molecular formula is C12H10N4O2+. The molecule has 0 atom stereocenters. The summed E-state index contributed by atoms with van der Waals surface area (Å²) in [6.07, 6.45) is 0. The van der Waals surface area contributed by atoms with Gasteiger partial charge >= 0.3 is 10.4 Å². The van der Waals surface area contributed by atoms with Crippen molar-refractivity contribution in [1.29, 1.82) is 0 Å². The summed E-state index contributed by atoms with van der Waals surface area (Å²) < 4.78 is 0. The molecule has 0 aliphatic heterocycles. The number of rotatable bonds is 4. The van der Waals surface area contributed by atoms with Gasteiger partial charge in [0.2, 0.25) is 0 Å². The van der Waals surface area contributed by atoms with Gasteiger partial charge in [-0.2, -0.15) is 0 Å². The SMILES string of the molecule is O=[N+]([O-])[N+]=NN(c1ccccc1)c1ccccc1. The van der Waals surface area contributed by atoms with Crippen molar-refractivity contribution in [2.24, 2.45) is 5.22 Å². The van der Waals surface area contributed by atoms with Gasteiger partial charge in [-0.3, -0.25) is 0 Å². The molecule has 0 spiro atoms. The van der Waals surface area contributed by atoms with E-state index < -0.39 is 5.03 Å². The van der Waals surface area contributed by atoms with Crippen LogP contribution in [0, 0.1) is 10.1 Å². The minimum Gasteiger partial charge on any atom is -0.318 e. The van der Waals surface area contributed by atoms with Crippen molar-refractivity contribution < 1.29 is 5.03 Å². The van der Waals surface area contributed by atoms with E-state index in [2.05, 4.69) is 10.4 Å². The Morgan fingerprint density at radius 1 is 0.944 bits per heavy atom. The molecule has 0 aliphatic rings. The van der Waals surface area contributed by atoms with E-state index in [1.54, 1.807) is 24.3 Å². The summed E-state index contributed by atoms with van der Waals surface area (Å²) in [7, 11) is 0. The van der Waals surface area contributed by atoms with Crippen LogP contribution in [0.1, 0.15) is 0 Å². The number of hydrogen-bond donors (Lipinski definition) is 0. The minimum atomic E-state index is -0.834. The predicted octanol–water partition coefficient (Wildman–Crippen LogP) is 2.72. The first kappa shape index (κ1) is 11.7. The van der Waals surface area contributed by atoms with Crippen LogP contribution in [-0.4, -0.2) is 5.03 Å². The largest absolute Gasteiger partial charge is 0.435 e. The Hall–Kier alpha value is -2.76. The van der Waals surface area contributed by atoms with Gasteiger partial charge in [-0.05, 0) is 24.3 Å². The van der Waals surface area contributed by atoms with Crippen molar-refractivity contribution >= 4 is 11.4 Å². The van der Waals surface area contributed by atoms with Crippen LogP contribution in [0.3, 0.4) is 0 Å². The molecule has 2 aromatic rings. The fraction of sp³-hybridized carbons (Fsp3) is 0. The monoisotopic (exact) mass is 242 g/mol. The third kappa shape index (κ3) is 2.88. The maximum absolute atomic E-state index is 10.3. The van der Waals surface area contributed by atoms with E-state index in [9.17, 15) is 10.1 Å². The molecule has 0 fully saturated rings. The fourth-order valence-electron chi connectivity index (χ4n) is 1.46. The molecule has 0 aliphatic carbocycles. The molecule has 6 nitrogen and oxygen atoms in total. The van der Waals surface area contributed by atoms with Crippen molar-refractivity contribution in [2.75, 3.05) is 5.01 Å². The summed E-state index contributed by atoms with van der Waals surface area (Å²) in [6, 6.07) is 18.2. The second-order valence-electron chi connectivity index (χ2n) is 3.40. The zero-order valence-corrected chi connectivity index (χ0v) is 9.38. The topological polar surface area (TPSA) is 72.8 Å². The summed E-state index contributed by atoms with van der Waals surface area (Å²) >= 11 is 0. The average molecular weight is 242 g/mol. The van der Waals surface area contributed by atoms with Gasteiger partial charge in [0, 0.05) is 5.01 Å². The highest BCUT2D eigenvalue weighted by Gasteiger charge is 2.24. The fourth-order valence-corrected chi connectivity index (χ4v) is 1.46. The first-order chi connectivity index (χ1) is 8.77. The van der Waals surface area contributed by atoms with Gasteiger partial charge in [-0.15, -0.1) is 0 Å². The lowest BCUT2D eigenvalue weighted by Gasteiger charge is -2.01. The Labute approximate surface area is 103 Å². The standard InChI is InChI=1S/C12H10N4O2/c17-16(18)14-13-15(11-7-3-1-4-8-11)12-9-5-2-6-10-12/h1-10H/q+1. The Kier molecular flexibility index (Phi) is 3.60. The molecule has 0 saturated carbocycles. The molecule has 0 saturated heterocycles. The molecule has 0 amide bonds. The Bertz CT molecular complexity index is 503. The molecule has 2 aromatic carbocycles. The number of para-hydroxylation sites is 2. The zero-order chi connectivity index (χ0) is 12.8. The van der Waals surface area contributed by atoms with E-state index >= 15 is 0 Å². The van der Waals surface area contributed by atoms with E-state index in [4.69, 9.17) is 0 Å². The number of benzene rings is 2. The predicted molar refractivity (Wildman–Crippen MR) is 66.6 cm³/mol. The molecular weight excluding hydrogens is 232 g/mol. The molecule has 2 rings (SSSR count). The third-order valence-electron chi connectivity index (χ3n) is 2.20. The zero-order valence-electron chi connectivity index (χ0n) is 9.38. The van der Waals surface area contributed by atoms with Gasteiger partial charge in [0.05, 0.1) is 0 Å². The quantitative estimate of drug-likeness (QED) is 0.470. The maximum atomic E-state index is 10.3. The van der Waals surface area contributed by atoms with Crippen molar-refractivity contribution in [3.05, 3.63) is 70.8 Å². The van der Waals surface area contributed by atoms with Gasteiger partial charge in [-0.1, -0.05) is 36.4 Å². The number of nitrogens with zero attached hydrogens (tertiary/aromatic N) is 4. The molecule has 89 valence electrons. The van der Waals surface area contributed by atoms with Crippen molar-refractivity contribution in [3.63, 3.8) is 0 Å². The molecule has 0 bridgehead atoms. The summed E-state index contributed by atoms with van der Waals surface area (Å²) in [5.74, 6) is 0. The molecule has 1 radical (unpaired) electrons. The van der Waals surface area contributed by atoms with Gasteiger partial charge in [0.15, 0.2) is 16.4 Å². The first-order valence-corrected chi connectivity index (χ1v) is 5.23. The van der Waals surface area contributed by atoms with Gasteiger partial charge in [0.25, 0.3) is 0 Å². The lowest BCUT2D eigenvalue weighted by molar-refractivity contribution is -0.529. The Balaban J connectivity index is 2.38. The van der Waals surface area contributed by atoms with Crippen LogP contribution in [0.15, 0.2) is 65.9 Å². The third-order valence-corrected chi connectivity index (χ3v) is 2.20. The van der Waals surface area contributed by atoms with E-state index in [0.29, 0.717) is 11.4 Å². The molecule has 0 N–H and O–H groups in total. The van der Waals surface area contributed by atoms with Crippen LogP contribution < -0.4 is 10.2 Å². The lowest BCUT2D eigenvalue weighted by Crippen LogP contribution is -2.12. The van der Waals surface area contributed by atoms with Crippen LogP contribution in [0.4, 0.5) is 11.4 Å². The molecule has 18 heavy (non-hydrogen) atoms. The van der Waals surface area contributed by atoms with Crippen molar-refractivity contribution in [2.45, 2.75) is 0 Å². The molecule has 0 unspecified atom stereocenters. The first-order valence-electron chi connectivity index (χ1n) is 5.23. The normalized spacial score (nSPS) is 10.4. The highest BCUT2D eigenvalue weighted by Crippen LogP contribution is 2.24. The second kappa shape index (κ2) is 5.53. The smallest absolute Gasteiger partial charge is 0.318 e. The minimum absolute atomic E-state index is 0.703. The number of nitro groups is 1. The summed E-state index contributed by atoms with van der Waals surface area (Å²) in [4.78, 5) is 10.3. The highest BCUT2D eigenvalue weighted by atomic mass is 16.7. The second-order valence-corrected chi connectivity index (χ2v) is 3.40. The van der Waals surface area contributed by atoms with Crippen LogP contribution in [-0.2, 0) is 0 Å². The van der Waals surface area contributed by atoms with Crippen molar-refractivity contribution in [3.8, 4) is 0 Å². The van der Waals surface area contributed by atoms with Gasteiger partial charge in [0.1, 0.15) is 0 Å². The lowest BCUT2D eigenvalue weighted by atomic mass is 10.2. The number of anilines is 2. The highest BCUT2D eigenvalue weighted by molar-refractivity contribution is 5.61. The summed E-state index contributed by atoms with van der Waals surface area (Å²) in [5.41, 5.74) is 1.41. The average Bonchev–Trinajstić information content (AvgIpc) is 2.41. The Morgan fingerprint density at radius 2 is 1.39 bits per heavy atom. The Morgan fingerprint density at radius 3 is 1.78 bits per heavy atom. The number of hydrogen-bond acceptors (Lipinski definition) is 3. The van der Waals surface area contributed by atoms with Crippen LogP contribution in [0.5, 0.6) is 0 Å². The molecule has 6 heteroatoms.